The van der Waals surface area contributed by atoms with Gasteiger partial charge in [0.25, 0.3) is 0 Å². The summed E-state index contributed by atoms with van der Waals surface area (Å²) in [5.41, 5.74) is 2.19. The number of aromatic nitrogens is 1. The van der Waals surface area contributed by atoms with Crippen molar-refractivity contribution in [3.63, 3.8) is 0 Å². The van der Waals surface area contributed by atoms with Gasteiger partial charge in [0.1, 0.15) is 0 Å². The average molecular weight is 322 g/mol. The number of carbonyl (C=O) groups excluding carboxylic acids is 1. The number of nitriles is 1. The van der Waals surface area contributed by atoms with Crippen LogP contribution in [-0.4, -0.2) is 17.1 Å². The van der Waals surface area contributed by atoms with E-state index >= 15 is 0 Å². The molecule has 1 heterocycles. The minimum Gasteiger partial charge on any atom is -0.408 e. The lowest BCUT2D eigenvalue weighted by molar-refractivity contribution is 0.251. The van der Waals surface area contributed by atoms with E-state index < -0.39 is 11.8 Å². The summed E-state index contributed by atoms with van der Waals surface area (Å²) in [6, 6.07) is 15.3. The van der Waals surface area contributed by atoms with Crippen LogP contribution < -0.4 is 16.4 Å². The maximum absolute atomic E-state index is 11.9. The fourth-order valence-electron chi connectivity index (χ4n) is 2.35. The van der Waals surface area contributed by atoms with Crippen LogP contribution in [0.4, 0.5) is 10.5 Å². The van der Waals surface area contributed by atoms with Gasteiger partial charge in [-0.3, -0.25) is 4.57 Å². The molecule has 7 nitrogen and oxygen atoms in total. The zero-order chi connectivity index (χ0) is 16.9. The monoisotopic (exact) mass is 322 g/mol. The van der Waals surface area contributed by atoms with Gasteiger partial charge < -0.3 is 15.1 Å². The van der Waals surface area contributed by atoms with Crippen molar-refractivity contribution in [2.24, 2.45) is 0 Å². The van der Waals surface area contributed by atoms with Gasteiger partial charge in [0.05, 0.1) is 17.1 Å². The molecule has 0 radical (unpaired) electrons. The van der Waals surface area contributed by atoms with Gasteiger partial charge in [-0.1, -0.05) is 18.2 Å². The third kappa shape index (κ3) is 3.28. The molecule has 3 aromatic rings. The molecule has 0 saturated carbocycles. The normalized spacial score (nSPS) is 10.3. The summed E-state index contributed by atoms with van der Waals surface area (Å²) < 4.78 is 6.59. The van der Waals surface area contributed by atoms with Gasteiger partial charge in [0.2, 0.25) is 0 Å². The van der Waals surface area contributed by atoms with Crippen LogP contribution in [0, 0.1) is 11.3 Å². The van der Waals surface area contributed by atoms with Crippen LogP contribution in [0.1, 0.15) is 5.56 Å². The van der Waals surface area contributed by atoms with E-state index in [0.29, 0.717) is 28.9 Å². The molecule has 2 N–H and O–H groups in total. The second-order valence-electron chi connectivity index (χ2n) is 5.06. The summed E-state index contributed by atoms with van der Waals surface area (Å²) in [6.07, 6.45) is 0. The summed E-state index contributed by atoms with van der Waals surface area (Å²) in [7, 11) is 0. The summed E-state index contributed by atoms with van der Waals surface area (Å²) in [5, 5.41) is 14.1. The molecule has 2 amide bonds. The van der Waals surface area contributed by atoms with E-state index in [9.17, 15) is 9.59 Å². The quantitative estimate of drug-likeness (QED) is 0.769. The molecule has 0 aliphatic carbocycles. The number of anilines is 1. The highest BCUT2D eigenvalue weighted by atomic mass is 16.4. The maximum atomic E-state index is 11.9. The van der Waals surface area contributed by atoms with E-state index in [1.165, 1.54) is 4.57 Å². The molecule has 0 atom stereocenters. The van der Waals surface area contributed by atoms with Crippen LogP contribution in [0.5, 0.6) is 0 Å². The highest BCUT2D eigenvalue weighted by Crippen LogP contribution is 2.11. The molecule has 7 heteroatoms. The molecule has 2 aromatic carbocycles. The predicted molar refractivity (Wildman–Crippen MR) is 88.7 cm³/mol. The zero-order valence-electron chi connectivity index (χ0n) is 12.7. The van der Waals surface area contributed by atoms with Crippen LogP contribution >= 0.6 is 0 Å². The minimum atomic E-state index is -0.458. The Balaban J connectivity index is 1.59. The van der Waals surface area contributed by atoms with Crippen molar-refractivity contribution in [2.75, 3.05) is 11.9 Å². The second-order valence-corrected chi connectivity index (χ2v) is 5.06. The Morgan fingerprint density at radius 3 is 2.88 bits per heavy atom. The van der Waals surface area contributed by atoms with E-state index in [2.05, 4.69) is 10.6 Å². The number of carbonyl (C=O) groups is 1. The van der Waals surface area contributed by atoms with Crippen LogP contribution in [-0.2, 0) is 6.54 Å². The first-order valence-corrected chi connectivity index (χ1v) is 7.31. The summed E-state index contributed by atoms with van der Waals surface area (Å²) in [6.45, 7) is 0.550. The van der Waals surface area contributed by atoms with Crippen molar-refractivity contribution in [1.29, 1.82) is 5.26 Å². The lowest BCUT2D eigenvalue weighted by Crippen LogP contribution is -2.32. The predicted octanol–water partition coefficient (Wildman–Crippen LogP) is 2.29. The SMILES string of the molecule is N#Cc1cccc(NC(=O)NCCn2c(=O)oc3ccccc32)c1. The fraction of sp³-hybridized carbons (Fsp3) is 0.118. The van der Waals surface area contributed by atoms with Crippen LogP contribution in [0.3, 0.4) is 0 Å². The number of nitrogens with one attached hydrogen (secondary N) is 2. The summed E-state index contributed by atoms with van der Waals surface area (Å²) >= 11 is 0. The second kappa shape index (κ2) is 6.71. The smallest absolute Gasteiger partial charge is 0.408 e. The topological polar surface area (TPSA) is 100 Å². The molecule has 1 aromatic heterocycles. The highest BCUT2D eigenvalue weighted by Gasteiger charge is 2.08. The molecule has 0 saturated heterocycles. The molecular weight excluding hydrogens is 308 g/mol. The minimum absolute atomic E-state index is 0.257. The zero-order valence-corrected chi connectivity index (χ0v) is 12.7. The fourth-order valence-corrected chi connectivity index (χ4v) is 2.35. The van der Waals surface area contributed by atoms with Gasteiger partial charge in [0, 0.05) is 18.8 Å². The van der Waals surface area contributed by atoms with Crippen LogP contribution in [0.25, 0.3) is 11.1 Å². The Bertz CT molecular complexity index is 981. The number of para-hydroxylation sites is 2. The first-order chi connectivity index (χ1) is 11.7. The number of rotatable bonds is 4. The lowest BCUT2D eigenvalue weighted by atomic mass is 10.2. The largest absolute Gasteiger partial charge is 0.420 e. The molecule has 24 heavy (non-hydrogen) atoms. The molecular formula is C17H14N4O3. The Kier molecular flexibility index (Phi) is 4.29. The van der Waals surface area contributed by atoms with E-state index in [4.69, 9.17) is 9.68 Å². The Morgan fingerprint density at radius 1 is 1.21 bits per heavy atom. The number of benzene rings is 2. The molecule has 0 aliphatic heterocycles. The van der Waals surface area contributed by atoms with Crippen molar-refractivity contribution in [3.05, 3.63) is 64.6 Å². The van der Waals surface area contributed by atoms with Crippen molar-refractivity contribution < 1.29 is 9.21 Å². The van der Waals surface area contributed by atoms with Gasteiger partial charge >= 0.3 is 11.8 Å². The maximum Gasteiger partial charge on any atom is 0.420 e. The van der Waals surface area contributed by atoms with Gasteiger partial charge in [-0.15, -0.1) is 0 Å². The summed E-state index contributed by atoms with van der Waals surface area (Å²) in [4.78, 5) is 23.7. The van der Waals surface area contributed by atoms with Gasteiger partial charge in [-0.05, 0) is 30.3 Å². The third-order valence-corrected chi connectivity index (χ3v) is 3.44. The number of nitrogens with zero attached hydrogens (tertiary/aromatic N) is 2. The first-order valence-electron chi connectivity index (χ1n) is 7.31. The molecule has 0 fully saturated rings. The van der Waals surface area contributed by atoms with Crippen molar-refractivity contribution in [3.8, 4) is 6.07 Å². The molecule has 3 rings (SSSR count). The molecule has 0 unspecified atom stereocenters. The van der Waals surface area contributed by atoms with Gasteiger partial charge in [-0.25, -0.2) is 9.59 Å². The van der Waals surface area contributed by atoms with E-state index in [0.717, 1.165) is 0 Å². The number of hydrogen-bond donors (Lipinski definition) is 2. The highest BCUT2D eigenvalue weighted by molar-refractivity contribution is 5.89. The molecule has 0 aliphatic rings. The van der Waals surface area contributed by atoms with Gasteiger partial charge in [0.15, 0.2) is 5.58 Å². The van der Waals surface area contributed by atoms with Crippen LogP contribution in [0.2, 0.25) is 0 Å². The number of amides is 2. The van der Waals surface area contributed by atoms with Crippen molar-refractivity contribution in [1.82, 2.24) is 9.88 Å². The third-order valence-electron chi connectivity index (χ3n) is 3.44. The van der Waals surface area contributed by atoms with E-state index in [-0.39, 0.29) is 6.54 Å². The van der Waals surface area contributed by atoms with Crippen molar-refractivity contribution >= 4 is 22.8 Å². The standard InChI is InChI=1S/C17H14N4O3/c18-11-12-4-3-5-13(10-12)20-16(22)19-8-9-21-14-6-1-2-7-15(14)24-17(21)23/h1-7,10H,8-9H2,(H2,19,20,22). The van der Waals surface area contributed by atoms with E-state index in [1.807, 2.05) is 12.1 Å². The Labute approximate surface area is 137 Å². The van der Waals surface area contributed by atoms with Crippen molar-refractivity contribution in [2.45, 2.75) is 6.54 Å². The average Bonchev–Trinajstić information content (AvgIpc) is 2.91. The number of oxazole rings is 1. The molecule has 0 spiro atoms. The Hall–Kier alpha value is -3.53. The first kappa shape index (κ1) is 15.4. The van der Waals surface area contributed by atoms with E-state index in [1.54, 1.807) is 42.5 Å². The van der Waals surface area contributed by atoms with Crippen LogP contribution in [0.15, 0.2) is 57.7 Å². The number of urea groups is 1. The molecule has 120 valence electrons. The lowest BCUT2D eigenvalue weighted by Gasteiger charge is -2.08. The number of fused-ring (bicyclic) bond motifs is 1. The Morgan fingerprint density at radius 2 is 2.04 bits per heavy atom. The molecule has 0 bridgehead atoms. The summed E-state index contributed by atoms with van der Waals surface area (Å²) in [5.74, 6) is -0.458. The number of hydrogen-bond acceptors (Lipinski definition) is 4. The van der Waals surface area contributed by atoms with Gasteiger partial charge in [-0.2, -0.15) is 5.26 Å².